The summed E-state index contributed by atoms with van der Waals surface area (Å²) in [7, 11) is 0. The largest absolute Gasteiger partial charge is 0.293 e. The molecule has 3 heteroatoms. The fourth-order valence-electron chi connectivity index (χ4n) is 5.81. The van der Waals surface area contributed by atoms with Crippen LogP contribution in [-0.4, -0.2) is 14.5 Å². The van der Waals surface area contributed by atoms with Crippen LogP contribution < -0.4 is 0 Å². The van der Waals surface area contributed by atoms with E-state index in [0.29, 0.717) is 0 Å². The maximum Gasteiger partial charge on any atom is 0.140 e. The number of fused-ring (bicyclic) bond motifs is 9. The Hall–Kier alpha value is -3.98. The van der Waals surface area contributed by atoms with Crippen molar-refractivity contribution in [1.29, 1.82) is 0 Å². The lowest BCUT2D eigenvalue weighted by Gasteiger charge is -2.23. The van der Waals surface area contributed by atoms with E-state index < -0.39 is 0 Å². The van der Waals surface area contributed by atoms with E-state index in [9.17, 15) is 0 Å². The first-order valence-electron chi connectivity index (χ1n) is 11.0. The molecule has 32 heavy (non-hydrogen) atoms. The number of rotatable bonds is 1. The van der Waals surface area contributed by atoms with Crippen molar-refractivity contribution in [2.75, 3.05) is 0 Å². The van der Waals surface area contributed by atoms with Crippen LogP contribution in [0.15, 0.2) is 91.4 Å². The molecule has 7 rings (SSSR count). The predicted molar refractivity (Wildman–Crippen MR) is 131 cm³/mol. The standard InChI is InChI=1S/C29H21N3/c1-29(2)24-9-5-3-7-18(24)20-11-14-23-21(27(20)29)12-13-22-19-8-4-6-10-25(19)32(28(22)23)26-15-16-30-17-31-26/h3-17H,1-2H3. The highest BCUT2D eigenvalue weighted by atomic mass is 15.1. The lowest BCUT2D eigenvalue weighted by atomic mass is 9.80. The molecule has 3 nitrogen and oxygen atoms in total. The van der Waals surface area contributed by atoms with Crippen LogP contribution in [0.1, 0.15) is 25.0 Å². The van der Waals surface area contributed by atoms with Gasteiger partial charge in [-0.2, -0.15) is 0 Å². The minimum absolute atomic E-state index is 0.0507. The number of hydrogen-bond acceptors (Lipinski definition) is 2. The number of hydrogen-bond donors (Lipinski definition) is 0. The van der Waals surface area contributed by atoms with Gasteiger partial charge in [-0.15, -0.1) is 0 Å². The maximum atomic E-state index is 4.61. The van der Waals surface area contributed by atoms with E-state index in [-0.39, 0.29) is 5.41 Å². The monoisotopic (exact) mass is 411 g/mol. The van der Waals surface area contributed by atoms with Crippen LogP contribution in [0.25, 0.3) is 49.5 Å². The summed E-state index contributed by atoms with van der Waals surface area (Å²) in [5.74, 6) is 0.891. The van der Waals surface area contributed by atoms with Crippen molar-refractivity contribution in [2.24, 2.45) is 0 Å². The number of aromatic nitrogens is 3. The summed E-state index contributed by atoms with van der Waals surface area (Å²) < 4.78 is 2.29. The molecule has 1 aliphatic rings. The smallest absolute Gasteiger partial charge is 0.140 e. The van der Waals surface area contributed by atoms with Crippen molar-refractivity contribution in [1.82, 2.24) is 14.5 Å². The molecule has 0 atom stereocenters. The Balaban J connectivity index is 1.68. The van der Waals surface area contributed by atoms with Crippen molar-refractivity contribution in [3.8, 4) is 16.9 Å². The molecule has 2 heterocycles. The molecule has 0 saturated heterocycles. The van der Waals surface area contributed by atoms with E-state index in [1.807, 2.05) is 12.3 Å². The lowest BCUT2D eigenvalue weighted by Crippen LogP contribution is -2.15. The van der Waals surface area contributed by atoms with Crippen LogP contribution in [0.2, 0.25) is 0 Å². The van der Waals surface area contributed by atoms with Crippen LogP contribution in [-0.2, 0) is 5.41 Å². The highest BCUT2D eigenvalue weighted by molar-refractivity contribution is 6.20. The topological polar surface area (TPSA) is 30.7 Å². The SMILES string of the molecule is CC1(C)c2ccccc2-c2ccc3c(ccc4c5ccccc5n(-c5ccncn5)c34)c21. The Labute approximate surface area is 186 Å². The number of para-hydroxylation sites is 1. The molecular formula is C29H21N3. The Morgan fingerprint density at radius 2 is 1.44 bits per heavy atom. The van der Waals surface area contributed by atoms with Crippen LogP contribution in [0.3, 0.4) is 0 Å². The minimum atomic E-state index is -0.0507. The summed E-state index contributed by atoms with van der Waals surface area (Å²) in [5, 5.41) is 5.07. The van der Waals surface area contributed by atoms with Gasteiger partial charge in [0.05, 0.1) is 11.0 Å². The van der Waals surface area contributed by atoms with E-state index >= 15 is 0 Å². The van der Waals surface area contributed by atoms with Gasteiger partial charge in [0.25, 0.3) is 0 Å². The third kappa shape index (κ3) is 2.10. The van der Waals surface area contributed by atoms with Gasteiger partial charge in [0.1, 0.15) is 12.1 Å². The molecule has 0 aliphatic heterocycles. The van der Waals surface area contributed by atoms with Crippen molar-refractivity contribution < 1.29 is 0 Å². The fourth-order valence-corrected chi connectivity index (χ4v) is 5.81. The van der Waals surface area contributed by atoms with Crippen molar-refractivity contribution >= 4 is 32.6 Å². The van der Waals surface area contributed by atoms with Gasteiger partial charge in [0.2, 0.25) is 0 Å². The van der Waals surface area contributed by atoms with Gasteiger partial charge in [-0.3, -0.25) is 4.57 Å². The van der Waals surface area contributed by atoms with Crippen molar-refractivity contribution in [3.05, 3.63) is 103 Å². The molecule has 0 amide bonds. The molecular weight excluding hydrogens is 390 g/mol. The third-order valence-electron chi connectivity index (χ3n) is 7.14. The first-order chi connectivity index (χ1) is 15.7. The first kappa shape index (κ1) is 17.7. The minimum Gasteiger partial charge on any atom is -0.293 e. The van der Waals surface area contributed by atoms with Gasteiger partial charge >= 0.3 is 0 Å². The predicted octanol–water partition coefficient (Wildman–Crippen LogP) is 7.03. The van der Waals surface area contributed by atoms with E-state index in [2.05, 4.69) is 101 Å². The van der Waals surface area contributed by atoms with Crippen LogP contribution in [0.5, 0.6) is 0 Å². The molecule has 0 fully saturated rings. The van der Waals surface area contributed by atoms with Gasteiger partial charge in [-0.1, -0.05) is 80.6 Å². The molecule has 152 valence electrons. The first-order valence-corrected chi connectivity index (χ1v) is 11.0. The molecule has 2 aromatic heterocycles. The average Bonchev–Trinajstić information content (AvgIpc) is 3.30. The highest BCUT2D eigenvalue weighted by Gasteiger charge is 2.36. The molecule has 0 N–H and O–H groups in total. The normalized spacial score (nSPS) is 14.2. The second-order valence-corrected chi connectivity index (χ2v) is 9.14. The van der Waals surface area contributed by atoms with Gasteiger partial charge in [-0.05, 0) is 39.8 Å². The molecule has 1 aliphatic carbocycles. The van der Waals surface area contributed by atoms with Crippen LogP contribution in [0.4, 0.5) is 0 Å². The van der Waals surface area contributed by atoms with E-state index in [0.717, 1.165) is 11.3 Å². The molecule has 0 unspecified atom stereocenters. The Kier molecular flexibility index (Phi) is 3.34. The highest BCUT2D eigenvalue weighted by Crippen LogP contribution is 2.52. The summed E-state index contributed by atoms with van der Waals surface area (Å²) in [5.41, 5.74) is 7.84. The Morgan fingerprint density at radius 3 is 2.31 bits per heavy atom. The van der Waals surface area contributed by atoms with Crippen molar-refractivity contribution in [2.45, 2.75) is 19.3 Å². The Bertz CT molecular complexity index is 1690. The van der Waals surface area contributed by atoms with E-state index in [1.54, 1.807) is 6.33 Å². The molecule has 0 bridgehead atoms. The summed E-state index contributed by atoms with van der Waals surface area (Å²) in [6, 6.07) is 28.6. The zero-order chi connectivity index (χ0) is 21.4. The van der Waals surface area contributed by atoms with E-state index in [1.165, 1.54) is 49.3 Å². The van der Waals surface area contributed by atoms with Crippen molar-refractivity contribution in [3.63, 3.8) is 0 Å². The van der Waals surface area contributed by atoms with Gasteiger partial charge in [0.15, 0.2) is 0 Å². The molecule has 4 aromatic carbocycles. The molecule has 0 spiro atoms. The second kappa shape index (κ2) is 6.04. The van der Waals surface area contributed by atoms with Crippen LogP contribution >= 0.6 is 0 Å². The zero-order valence-corrected chi connectivity index (χ0v) is 18.0. The quantitative estimate of drug-likeness (QED) is 0.291. The number of nitrogens with zero attached hydrogens (tertiary/aromatic N) is 3. The Morgan fingerprint density at radius 1 is 0.688 bits per heavy atom. The maximum absolute atomic E-state index is 4.61. The summed E-state index contributed by atoms with van der Waals surface area (Å²) in [6.45, 7) is 4.70. The van der Waals surface area contributed by atoms with Gasteiger partial charge in [0, 0.05) is 27.8 Å². The summed E-state index contributed by atoms with van der Waals surface area (Å²) in [6.07, 6.45) is 3.43. The molecule has 6 aromatic rings. The zero-order valence-electron chi connectivity index (χ0n) is 18.0. The third-order valence-corrected chi connectivity index (χ3v) is 7.14. The van der Waals surface area contributed by atoms with E-state index in [4.69, 9.17) is 0 Å². The van der Waals surface area contributed by atoms with Gasteiger partial charge < -0.3 is 0 Å². The summed E-state index contributed by atoms with van der Waals surface area (Å²) >= 11 is 0. The number of benzene rings is 4. The lowest BCUT2D eigenvalue weighted by molar-refractivity contribution is 0.666. The molecule has 0 radical (unpaired) electrons. The van der Waals surface area contributed by atoms with Crippen LogP contribution in [0, 0.1) is 0 Å². The fraction of sp³-hybridized carbons (Fsp3) is 0.103. The summed E-state index contributed by atoms with van der Waals surface area (Å²) in [4.78, 5) is 8.76. The van der Waals surface area contributed by atoms with Gasteiger partial charge in [-0.25, -0.2) is 9.97 Å². The second-order valence-electron chi connectivity index (χ2n) is 9.14. The average molecular weight is 412 g/mol. The molecule has 0 saturated carbocycles.